The molecule has 1 saturated heterocycles. The zero-order valence-corrected chi connectivity index (χ0v) is 12.7. The highest BCUT2D eigenvalue weighted by Crippen LogP contribution is 2.27. The van der Waals surface area contributed by atoms with Crippen molar-refractivity contribution < 1.29 is 4.39 Å². The van der Waals surface area contributed by atoms with Crippen LogP contribution >= 0.6 is 0 Å². The second-order valence-electron chi connectivity index (χ2n) is 5.99. The van der Waals surface area contributed by atoms with Crippen molar-refractivity contribution in [2.75, 3.05) is 26.2 Å². The van der Waals surface area contributed by atoms with Gasteiger partial charge in [0.1, 0.15) is 5.82 Å². The second kappa shape index (κ2) is 6.66. The molecule has 20 heavy (non-hydrogen) atoms. The van der Waals surface area contributed by atoms with Crippen LogP contribution in [0, 0.1) is 5.82 Å². The Morgan fingerprint density at radius 1 is 1.00 bits per heavy atom. The van der Waals surface area contributed by atoms with Crippen LogP contribution in [-0.2, 0) is 0 Å². The highest BCUT2D eigenvalue weighted by atomic mass is 19.1. The van der Waals surface area contributed by atoms with E-state index in [1.807, 2.05) is 19.1 Å². The first-order valence-corrected chi connectivity index (χ1v) is 7.49. The molecule has 1 aromatic rings. The van der Waals surface area contributed by atoms with Gasteiger partial charge in [0.25, 0.3) is 0 Å². The first kappa shape index (κ1) is 15.4. The number of rotatable bonds is 4. The van der Waals surface area contributed by atoms with E-state index in [1.165, 1.54) is 6.07 Å². The molecule has 1 heterocycles. The maximum absolute atomic E-state index is 14.1. The molecular weight excluding hydrogens is 253 g/mol. The summed E-state index contributed by atoms with van der Waals surface area (Å²) in [7, 11) is 0. The maximum Gasteiger partial charge on any atom is 0.128 e. The molecule has 1 aliphatic heterocycles. The van der Waals surface area contributed by atoms with Crippen molar-refractivity contribution in [2.45, 2.75) is 38.9 Å². The smallest absolute Gasteiger partial charge is 0.128 e. The molecule has 3 nitrogen and oxygen atoms in total. The monoisotopic (exact) mass is 279 g/mol. The molecule has 0 bridgehead atoms. The number of benzene rings is 1. The van der Waals surface area contributed by atoms with Crippen LogP contribution in [0.1, 0.15) is 32.4 Å². The van der Waals surface area contributed by atoms with Gasteiger partial charge in [0.2, 0.25) is 0 Å². The number of hydrogen-bond acceptors (Lipinski definition) is 3. The highest BCUT2D eigenvalue weighted by molar-refractivity contribution is 5.23. The lowest BCUT2D eigenvalue weighted by molar-refractivity contribution is 0.0692. The summed E-state index contributed by atoms with van der Waals surface area (Å²) in [6.45, 7) is 10.3. The summed E-state index contributed by atoms with van der Waals surface area (Å²) >= 11 is 0. The number of nitrogens with zero attached hydrogens (tertiary/aromatic N) is 2. The Balaban J connectivity index is 2.13. The zero-order valence-electron chi connectivity index (χ0n) is 12.7. The molecule has 2 rings (SSSR count). The third-order valence-electron chi connectivity index (χ3n) is 4.19. The van der Waals surface area contributed by atoms with Crippen molar-refractivity contribution in [3.05, 3.63) is 35.6 Å². The number of halogens is 1. The standard InChI is InChI=1S/C16H26FN3/c1-12(2)19-8-10-20(11-9-19)16(13(3)18)14-6-4-5-7-15(14)17/h4-7,12-13,16H,8-11,18H2,1-3H3. The van der Waals surface area contributed by atoms with Crippen molar-refractivity contribution in [3.63, 3.8) is 0 Å². The van der Waals surface area contributed by atoms with Gasteiger partial charge in [0.15, 0.2) is 0 Å². The minimum Gasteiger partial charge on any atom is -0.326 e. The minimum atomic E-state index is -0.152. The Kier molecular flexibility index (Phi) is 5.13. The van der Waals surface area contributed by atoms with Gasteiger partial charge in [0.05, 0.1) is 6.04 Å². The van der Waals surface area contributed by atoms with Crippen LogP contribution in [0.4, 0.5) is 4.39 Å². The van der Waals surface area contributed by atoms with E-state index >= 15 is 0 Å². The summed E-state index contributed by atoms with van der Waals surface area (Å²) in [5.41, 5.74) is 6.86. The predicted octanol–water partition coefficient (Wildman–Crippen LogP) is 2.24. The van der Waals surface area contributed by atoms with E-state index in [0.717, 1.165) is 31.7 Å². The van der Waals surface area contributed by atoms with E-state index in [2.05, 4.69) is 23.6 Å². The molecule has 0 aliphatic carbocycles. The molecule has 1 aromatic carbocycles. The van der Waals surface area contributed by atoms with E-state index in [-0.39, 0.29) is 17.9 Å². The summed E-state index contributed by atoms with van der Waals surface area (Å²) in [5.74, 6) is -0.152. The van der Waals surface area contributed by atoms with Crippen LogP contribution in [0.3, 0.4) is 0 Å². The first-order chi connectivity index (χ1) is 9.50. The van der Waals surface area contributed by atoms with E-state index < -0.39 is 0 Å². The summed E-state index contributed by atoms with van der Waals surface area (Å²) in [6, 6.07) is 7.45. The molecule has 0 amide bonds. The average molecular weight is 279 g/mol. The van der Waals surface area contributed by atoms with Gasteiger partial charge in [-0.25, -0.2) is 4.39 Å². The van der Waals surface area contributed by atoms with E-state index in [1.54, 1.807) is 6.07 Å². The van der Waals surface area contributed by atoms with Crippen LogP contribution in [0.25, 0.3) is 0 Å². The summed E-state index contributed by atoms with van der Waals surface area (Å²) in [6.07, 6.45) is 0. The highest BCUT2D eigenvalue weighted by Gasteiger charge is 2.29. The van der Waals surface area contributed by atoms with Gasteiger partial charge in [-0.05, 0) is 26.8 Å². The normalized spacial score (nSPS) is 21.1. The van der Waals surface area contributed by atoms with Crippen LogP contribution in [0.5, 0.6) is 0 Å². The quantitative estimate of drug-likeness (QED) is 0.917. The molecule has 112 valence electrons. The molecule has 2 unspecified atom stereocenters. The summed E-state index contributed by atoms with van der Waals surface area (Å²) < 4.78 is 14.1. The fourth-order valence-corrected chi connectivity index (χ4v) is 3.06. The van der Waals surface area contributed by atoms with Crippen LogP contribution < -0.4 is 5.73 Å². The van der Waals surface area contributed by atoms with E-state index in [9.17, 15) is 4.39 Å². The lowest BCUT2D eigenvalue weighted by Gasteiger charge is -2.42. The molecule has 0 saturated carbocycles. The molecule has 2 atom stereocenters. The summed E-state index contributed by atoms with van der Waals surface area (Å²) in [4.78, 5) is 4.78. The third kappa shape index (κ3) is 3.37. The minimum absolute atomic E-state index is 0.0366. The molecule has 0 radical (unpaired) electrons. The molecule has 1 aliphatic rings. The Hall–Kier alpha value is -0.970. The lowest BCUT2D eigenvalue weighted by Crippen LogP contribution is -2.52. The lowest BCUT2D eigenvalue weighted by atomic mass is 9.97. The van der Waals surface area contributed by atoms with Crippen LogP contribution in [-0.4, -0.2) is 48.1 Å². The van der Waals surface area contributed by atoms with Crippen LogP contribution in [0.2, 0.25) is 0 Å². The molecular formula is C16H26FN3. The van der Waals surface area contributed by atoms with Crippen molar-refractivity contribution in [1.82, 2.24) is 9.80 Å². The van der Waals surface area contributed by atoms with Crippen LogP contribution in [0.15, 0.2) is 24.3 Å². The van der Waals surface area contributed by atoms with Gasteiger partial charge in [-0.15, -0.1) is 0 Å². The fourth-order valence-electron chi connectivity index (χ4n) is 3.06. The Morgan fingerprint density at radius 2 is 1.55 bits per heavy atom. The zero-order chi connectivity index (χ0) is 14.7. The number of hydrogen-bond donors (Lipinski definition) is 1. The molecule has 2 N–H and O–H groups in total. The largest absolute Gasteiger partial charge is 0.326 e. The van der Waals surface area contributed by atoms with Gasteiger partial charge in [-0.1, -0.05) is 18.2 Å². The van der Waals surface area contributed by atoms with Gasteiger partial charge in [-0.3, -0.25) is 9.80 Å². The number of nitrogens with two attached hydrogens (primary N) is 1. The van der Waals surface area contributed by atoms with Gasteiger partial charge >= 0.3 is 0 Å². The predicted molar refractivity (Wildman–Crippen MR) is 81.1 cm³/mol. The molecule has 1 fully saturated rings. The molecule has 0 spiro atoms. The number of piperazine rings is 1. The fraction of sp³-hybridized carbons (Fsp3) is 0.625. The SMILES string of the molecule is CC(N)C(c1ccccc1F)N1CCN(C(C)C)CC1. The Labute approximate surface area is 121 Å². The molecule has 0 aromatic heterocycles. The van der Waals surface area contributed by atoms with Gasteiger partial charge in [0, 0.05) is 43.8 Å². The Morgan fingerprint density at radius 3 is 2.05 bits per heavy atom. The maximum atomic E-state index is 14.1. The van der Waals surface area contributed by atoms with Gasteiger partial charge < -0.3 is 5.73 Å². The van der Waals surface area contributed by atoms with E-state index in [0.29, 0.717) is 6.04 Å². The Bertz CT molecular complexity index is 425. The van der Waals surface area contributed by atoms with E-state index in [4.69, 9.17) is 5.73 Å². The van der Waals surface area contributed by atoms with Crippen molar-refractivity contribution >= 4 is 0 Å². The average Bonchev–Trinajstić information content (AvgIpc) is 2.41. The van der Waals surface area contributed by atoms with Crippen molar-refractivity contribution in [1.29, 1.82) is 0 Å². The topological polar surface area (TPSA) is 32.5 Å². The first-order valence-electron chi connectivity index (χ1n) is 7.49. The van der Waals surface area contributed by atoms with Gasteiger partial charge in [-0.2, -0.15) is 0 Å². The molecule has 4 heteroatoms. The summed E-state index contributed by atoms with van der Waals surface area (Å²) in [5, 5.41) is 0. The van der Waals surface area contributed by atoms with Crippen molar-refractivity contribution in [2.24, 2.45) is 5.73 Å². The third-order valence-corrected chi connectivity index (χ3v) is 4.19. The van der Waals surface area contributed by atoms with Crippen molar-refractivity contribution in [3.8, 4) is 0 Å². The second-order valence-corrected chi connectivity index (χ2v) is 5.99.